The number of hydrogen-bond donors (Lipinski definition) is 0. The fourth-order valence-electron chi connectivity index (χ4n) is 1.87. The van der Waals surface area contributed by atoms with E-state index in [2.05, 4.69) is 41.3 Å². The molecule has 96 valence electrons. The average molecular weight is 245 g/mol. The molecule has 1 aromatic heterocycles. The number of benzene rings is 1. The van der Waals surface area contributed by atoms with Crippen molar-refractivity contribution in [2.24, 2.45) is 0 Å². The van der Waals surface area contributed by atoms with Gasteiger partial charge >= 0.3 is 0 Å². The lowest BCUT2D eigenvalue weighted by atomic mass is 10.1. The summed E-state index contributed by atoms with van der Waals surface area (Å²) in [5.74, 6) is 1.27. The number of nitrogens with zero attached hydrogens (tertiary/aromatic N) is 3. The second-order valence-corrected chi connectivity index (χ2v) is 4.75. The molecule has 0 aliphatic heterocycles. The molecule has 18 heavy (non-hydrogen) atoms. The highest BCUT2D eigenvalue weighted by atomic mass is 16.5. The van der Waals surface area contributed by atoms with Crippen molar-refractivity contribution in [3.05, 3.63) is 35.7 Å². The normalized spacial score (nSPS) is 11.1. The molecule has 0 amide bonds. The van der Waals surface area contributed by atoms with Crippen molar-refractivity contribution in [2.75, 3.05) is 20.6 Å². The smallest absolute Gasteiger partial charge is 0.257 e. The van der Waals surface area contributed by atoms with Crippen LogP contribution in [-0.4, -0.2) is 35.7 Å². The second-order valence-electron chi connectivity index (χ2n) is 4.75. The number of aromatic nitrogens is 2. The number of rotatable bonds is 5. The van der Waals surface area contributed by atoms with Gasteiger partial charge in [0.2, 0.25) is 0 Å². The summed E-state index contributed by atoms with van der Waals surface area (Å²) in [6.45, 7) is 2.93. The van der Waals surface area contributed by atoms with Crippen molar-refractivity contribution < 1.29 is 4.52 Å². The van der Waals surface area contributed by atoms with Gasteiger partial charge in [-0.15, -0.1) is 0 Å². The summed E-state index contributed by atoms with van der Waals surface area (Å²) in [6.07, 6.45) is 2.22. The Morgan fingerprint density at radius 1 is 1.28 bits per heavy atom. The summed E-state index contributed by atoms with van der Waals surface area (Å²) in [5, 5.41) is 3.82. The molecule has 2 rings (SSSR count). The van der Waals surface area contributed by atoms with Gasteiger partial charge in [-0.2, -0.15) is 4.98 Å². The third-order valence-corrected chi connectivity index (χ3v) is 2.77. The van der Waals surface area contributed by atoms with Gasteiger partial charge in [0.15, 0.2) is 5.82 Å². The third kappa shape index (κ3) is 3.40. The molecule has 0 aliphatic rings. The first kappa shape index (κ1) is 12.8. The maximum absolute atomic E-state index is 5.18. The molecule has 1 aromatic carbocycles. The first-order valence-electron chi connectivity index (χ1n) is 6.19. The van der Waals surface area contributed by atoms with Gasteiger partial charge in [-0.3, -0.25) is 0 Å². The van der Waals surface area contributed by atoms with Crippen LogP contribution in [0.1, 0.15) is 17.8 Å². The molecule has 0 saturated carbocycles. The summed E-state index contributed by atoms with van der Waals surface area (Å²) >= 11 is 0. The van der Waals surface area contributed by atoms with Crippen molar-refractivity contribution >= 4 is 0 Å². The minimum Gasteiger partial charge on any atom is -0.334 e. The molecule has 4 nitrogen and oxygen atoms in total. The van der Waals surface area contributed by atoms with E-state index in [1.807, 2.05) is 19.1 Å². The highest BCUT2D eigenvalue weighted by molar-refractivity contribution is 5.53. The van der Waals surface area contributed by atoms with Crippen LogP contribution in [0.25, 0.3) is 11.5 Å². The predicted octanol–water partition coefficient (Wildman–Crippen LogP) is 2.54. The van der Waals surface area contributed by atoms with E-state index < -0.39 is 0 Å². The fraction of sp³-hybridized carbons (Fsp3) is 0.429. The van der Waals surface area contributed by atoms with Gasteiger partial charge in [-0.05, 0) is 58.1 Å². The van der Waals surface area contributed by atoms with Crippen LogP contribution >= 0.6 is 0 Å². The second kappa shape index (κ2) is 5.78. The minimum absolute atomic E-state index is 0.599. The maximum atomic E-state index is 5.18. The van der Waals surface area contributed by atoms with Gasteiger partial charge in [0.05, 0.1) is 0 Å². The molecule has 0 aliphatic carbocycles. The Balaban J connectivity index is 2.05. The highest BCUT2D eigenvalue weighted by Crippen LogP contribution is 2.19. The lowest BCUT2D eigenvalue weighted by Crippen LogP contribution is -2.13. The van der Waals surface area contributed by atoms with Gasteiger partial charge in [-0.25, -0.2) is 0 Å². The number of hydrogen-bond acceptors (Lipinski definition) is 4. The van der Waals surface area contributed by atoms with Crippen molar-refractivity contribution in [3.8, 4) is 11.5 Å². The summed E-state index contributed by atoms with van der Waals surface area (Å²) in [5.41, 5.74) is 2.31. The zero-order valence-corrected chi connectivity index (χ0v) is 11.2. The van der Waals surface area contributed by atoms with E-state index in [1.165, 1.54) is 5.56 Å². The standard InChI is InChI=1S/C14H19N3O/c1-11-15-14(18-16-11)13-8-4-6-12(10-13)7-5-9-17(2)3/h4,6,8,10H,5,7,9H2,1-3H3. The summed E-state index contributed by atoms with van der Waals surface area (Å²) in [7, 11) is 4.19. The Labute approximate surface area is 108 Å². The van der Waals surface area contributed by atoms with Gasteiger partial charge in [0, 0.05) is 5.56 Å². The van der Waals surface area contributed by atoms with Gasteiger partial charge < -0.3 is 9.42 Å². The van der Waals surface area contributed by atoms with Crippen LogP contribution in [0.15, 0.2) is 28.8 Å². The van der Waals surface area contributed by atoms with Crippen LogP contribution in [0.4, 0.5) is 0 Å². The van der Waals surface area contributed by atoms with Crippen LogP contribution < -0.4 is 0 Å². The summed E-state index contributed by atoms with van der Waals surface area (Å²) in [6, 6.07) is 8.31. The van der Waals surface area contributed by atoms with E-state index in [9.17, 15) is 0 Å². The molecule has 0 unspecified atom stereocenters. The Morgan fingerprint density at radius 3 is 2.78 bits per heavy atom. The van der Waals surface area contributed by atoms with Crippen molar-refractivity contribution in [3.63, 3.8) is 0 Å². The summed E-state index contributed by atoms with van der Waals surface area (Å²) in [4.78, 5) is 6.44. The first-order valence-corrected chi connectivity index (χ1v) is 6.19. The van der Waals surface area contributed by atoms with Gasteiger partial charge in [0.25, 0.3) is 5.89 Å². The van der Waals surface area contributed by atoms with E-state index in [0.29, 0.717) is 11.7 Å². The molecule has 1 heterocycles. The minimum atomic E-state index is 0.599. The third-order valence-electron chi connectivity index (χ3n) is 2.77. The lowest BCUT2D eigenvalue weighted by Gasteiger charge is -2.09. The zero-order chi connectivity index (χ0) is 13.0. The maximum Gasteiger partial charge on any atom is 0.257 e. The van der Waals surface area contributed by atoms with E-state index in [1.54, 1.807) is 0 Å². The topological polar surface area (TPSA) is 42.2 Å². The van der Waals surface area contributed by atoms with Crippen LogP contribution in [0.2, 0.25) is 0 Å². The fourth-order valence-corrected chi connectivity index (χ4v) is 1.87. The van der Waals surface area contributed by atoms with E-state index in [-0.39, 0.29) is 0 Å². The lowest BCUT2D eigenvalue weighted by molar-refractivity contribution is 0.400. The van der Waals surface area contributed by atoms with Crippen molar-refractivity contribution in [2.45, 2.75) is 19.8 Å². The molecular formula is C14H19N3O. The molecule has 0 fully saturated rings. The van der Waals surface area contributed by atoms with E-state index >= 15 is 0 Å². The largest absolute Gasteiger partial charge is 0.334 e. The number of aryl methyl sites for hydroxylation is 2. The van der Waals surface area contributed by atoms with Crippen molar-refractivity contribution in [1.82, 2.24) is 15.0 Å². The average Bonchev–Trinajstić information content (AvgIpc) is 2.76. The molecule has 0 radical (unpaired) electrons. The van der Waals surface area contributed by atoms with Crippen LogP contribution in [0.3, 0.4) is 0 Å². The molecular weight excluding hydrogens is 226 g/mol. The van der Waals surface area contributed by atoms with Crippen LogP contribution in [0, 0.1) is 6.92 Å². The van der Waals surface area contributed by atoms with Gasteiger partial charge in [-0.1, -0.05) is 17.3 Å². The molecule has 0 atom stereocenters. The molecule has 0 N–H and O–H groups in total. The first-order chi connectivity index (χ1) is 8.65. The van der Waals surface area contributed by atoms with E-state index in [4.69, 9.17) is 4.52 Å². The zero-order valence-electron chi connectivity index (χ0n) is 11.2. The van der Waals surface area contributed by atoms with Crippen LogP contribution in [0.5, 0.6) is 0 Å². The van der Waals surface area contributed by atoms with Crippen LogP contribution in [-0.2, 0) is 6.42 Å². The Kier molecular flexibility index (Phi) is 4.10. The highest BCUT2D eigenvalue weighted by Gasteiger charge is 2.06. The molecule has 2 aromatic rings. The quantitative estimate of drug-likeness (QED) is 0.811. The molecule has 4 heteroatoms. The van der Waals surface area contributed by atoms with Crippen molar-refractivity contribution in [1.29, 1.82) is 0 Å². The Hall–Kier alpha value is -1.68. The molecule has 0 spiro atoms. The SMILES string of the molecule is Cc1noc(-c2cccc(CCCN(C)C)c2)n1. The Morgan fingerprint density at radius 2 is 2.11 bits per heavy atom. The molecule has 0 saturated heterocycles. The predicted molar refractivity (Wildman–Crippen MR) is 71.3 cm³/mol. The molecule has 0 bridgehead atoms. The Bertz CT molecular complexity index is 505. The van der Waals surface area contributed by atoms with Gasteiger partial charge in [0.1, 0.15) is 0 Å². The summed E-state index contributed by atoms with van der Waals surface area (Å²) < 4.78 is 5.18. The van der Waals surface area contributed by atoms with E-state index in [0.717, 1.165) is 24.9 Å². The monoisotopic (exact) mass is 245 g/mol.